The van der Waals surface area contributed by atoms with Gasteiger partial charge in [-0.05, 0) is 18.6 Å². The number of Topliss-reactive ketones (excluding diaryl/α,β-unsaturated/α-hetero) is 1. The van der Waals surface area contributed by atoms with E-state index in [4.69, 9.17) is 11.6 Å². The molecule has 0 spiro atoms. The lowest BCUT2D eigenvalue weighted by atomic mass is 10.0. The second-order valence-electron chi connectivity index (χ2n) is 4.32. The number of ketones is 1. The van der Waals surface area contributed by atoms with Crippen molar-refractivity contribution in [3.8, 4) is 0 Å². The first kappa shape index (κ1) is 14.2. The van der Waals surface area contributed by atoms with Gasteiger partial charge in [-0.2, -0.15) is 0 Å². The summed E-state index contributed by atoms with van der Waals surface area (Å²) in [6.07, 6.45) is 0.510. The Morgan fingerprint density at radius 3 is 2.50 bits per heavy atom. The molecule has 0 saturated heterocycles. The summed E-state index contributed by atoms with van der Waals surface area (Å²) in [5.41, 5.74) is 1.08. The van der Waals surface area contributed by atoms with Crippen molar-refractivity contribution in [1.82, 2.24) is 0 Å². The van der Waals surface area contributed by atoms with Crippen molar-refractivity contribution in [1.29, 1.82) is 0 Å². The van der Waals surface area contributed by atoms with E-state index in [1.165, 1.54) is 18.2 Å². The molecule has 0 N–H and O–H groups in total. The number of nitro groups is 1. The molecule has 102 valence electrons. The van der Waals surface area contributed by atoms with Gasteiger partial charge in [0.1, 0.15) is 0 Å². The normalized spacial score (nSPS) is 10.2. The highest BCUT2D eigenvalue weighted by Crippen LogP contribution is 2.24. The lowest BCUT2D eigenvalue weighted by Crippen LogP contribution is -2.03. The molecule has 20 heavy (non-hydrogen) atoms. The van der Waals surface area contributed by atoms with Crippen molar-refractivity contribution >= 4 is 23.1 Å². The van der Waals surface area contributed by atoms with Gasteiger partial charge >= 0.3 is 0 Å². The number of carbonyl (C=O) groups excluding carboxylic acids is 1. The molecule has 0 amide bonds. The highest BCUT2D eigenvalue weighted by molar-refractivity contribution is 6.30. The number of halogens is 1. The first-order valence-electron chi connectivity index (χ1n) is 6.09. The van der Waals surface area contributed by atoms with Crippen LogP contribution in [0.1, 0.15) is 22.3 Å². The van der Waals surface area contributed by atoms with Gasteiger partial charge in [-0.25, -0.2) is 0 Å². The van der Waals surface area contributed by atoms with Gasteiger partial charge < -0.3 is 0 Å². The highest BCUT2D eigenvalue weighted by Gasteiger charge is 2.15. The van der Waals surface area contributed by atoms with Gasteiger partial charge in [0.2, 0.25) is 0 Å². The maximum absolute atomic E-state index is 12.0. The van der Waals surface area contributed by atoms with Gasteiger partial charge in [0.15, 0.2) is 5.78 Å². The van der Waals surface area contributed by atoms with Crippen molar-refractivity contribution in [2.45, 2.75) is 12.8 Å². The Hall–Kier alpha value is -2.20. The minimum atomic E-state index is -0.460. The van der Waals surface area contributed by atoms with Gasteiger partial charge in [0, 0.05) is 28.6 Å². The van der Waals surface area contributed by atoms with Crippen LogP contribution in [0.15, 0.2) is 48.5 Å². The summed E-state index contributed by atoms with van der Waals surface area (Å²) in [6.45, 7) is 0. The van der Waals surface area contributed by atoms with Crippen molar-refractivity contribution < 1.29 is 9.72 Å². The summed E-state index contributed by atoms with van der Waals surface area (Å²) in [5.74, 6) is -0.0418. The number of nitrogens with zero attached hydrogens (tertiary/aromatic N) is 1. The largest absolute Gasteiger partial charge is 0.294 e. The predicted molar refractivity (Wildman–Crippen MR) is 77.2 cm³/mol. The zero-order valence-electron chi connectivity index (χ0n) is 10.6. The summed E-state index contributed by atoms with van der Waals surface area (Å²) in [6, 6.07) is 13.2. The quantitative estimate of drug-likeness (QED) is 0.474. The topological polar surface area (TPSA) is 60.2 Å². The van der Waals surface area contributed by atoms with Crippen LogP contribution in [0.4, 0.5) is 5.69 Å². The van der Waals surface area contributed by atoms with Gasteiger partial charge in [0.25, 0.3) is 5.69 Å². The Bertz CT molecular complexity index is 641. The van der Waals surface area contributed by atoms with E-state index in [-0.39, 0.29) is 17.9 Å². The fourth-order valence-electron chi connectivity index (χ4n) is 1.95. The minimum absolute atomic E-state index is 0.00439. The van der Waals surface area contributed by atoms with E-state index < -0.39 is 4.92 Å². The number of hydrogen-bond donors (Lipinski definition) is 0. The van der Waals surface area contributed by atoms with E-state index in [2.05, 4.69) is 0 Å². The molecule has 0 aromatic heterocycles. The number of hydrogen-bond acceptors (Lipinski definition) is 3. The zero-order valence-corrected chi connectivity index (χ0v) is 11.3. The SMILES string of the molecule is O=C(CCc1cc(Cl)ccc1[N+](=O)[O-])c1ccccc1. The maximum Gasteiger partial charge on any atom is 0.272 e. The molecule has 5 heteroatoms. The molecule has 0 atom stereocenters. The fourth-order valence-corrected chi connectivity index (χ4v) is 2.14. The fraction of sp³-hybridized carbons (Fsp3) is 0.133. The van der Waals surface area contributed by atoms with Crippen molar-refractivity contribution in [2.75, 3.05) is 0 Å². The molecule has 2 rings (SSSR count). The van der Waals surface area contributed by atoms with Crippen LogP contribution in [0.5, 0.6) is 0 Å². The lowest BCUT2D eigenvalue weighted by Gasteiger charge is -2.04. The third-order valence-electron chi connectivity index (χ3n) is 2.96. The first-order chi connectivity index (χ1) is 9.58. The number of nitro benzene ring substituents is 1. The van der Waals surface area contributed by atoms with E-state index in [9.17, 15) is 14.9 Å². The van der Waals surface area contributed by atoms with E-state index >= 15 is 0 Å². The second kappa shape index (κ2) is 6.30. The molecule has 0 unspecified atom stereocenters. The molecular formula is C15H12ClNO3. The smallest absolute Gasteiger partial charge is 0.272 e. The standard InChI is InChI=1S/C15H12ClNO3/c16-13-7-8-14(17(19)20)12(10-13)6-9-15(18)11-4-2-1-3-5-11/h1-5,7-8,10H,6,9H2. The minimum Gasteiger partial charge on any atom is -0.294 e. The molecule has 0 heterocycles. The second-order valence-corrected chi connectivity index (χ2v) is 4.76. The molecule has 4 nitrogen and oxygen atoms in total. The summed E-state index contributed by atoms with van der Waals surface area (Å²) in [7, 11) is 0. The summed E-state index contributed by atoms with van der Waals surface area (Å²) < 4.78 is 0. The van der Waals surface area contributed by atoms with Crippen LogP contribution in [-0.4, -0.2) is 10.7 Å². The van der Waals surface area contributed by atoms with Crippen LogP contribution in [0, 0.1) is 10.1 Å². The van der Waals surface area contributed by atoms with Crippen LogP contribution in [0.3, 0.4) is 0 Å². The average Bonchev–Trinajstić information content (AvgIpc) is 2.45. The molecule has 2 aromatic rings. The van der Waals surface area contributed by atoms with Gasteiger partial charge in [0.05, 0.1) is 4.92 Å². The van der Waals surface area contributed by atoms with E-state index in [1.54, 1.807) is 24.3 Å². The van der Waals surface area contributed by atoms with E-state index in [1.807, 2.05) is 6.07 Å². The van der Waals surface area contributed by atoms with Crippen molar-refractivity contribution in [3.05, 3.63) is 74.8 Å². The molecule has 2 aromatic carbocycles. The first-order valence-corrected chi connectivity index (χ1v) is 6.47. The van der Waals surface area contributed by atoms with Crippen LogP contribution in [0.25, 0.3) is 0 Å². The molecule has 0 fully saturated rings. The summed E-state index contributed by atoms with van der Waals surface area (Å²) in [5, 5.41) is 11.4. The van der Waals surface area contributed by atoms with Gasteiger partial charge in [-0.3, -0.25) is 14.9 Å². The van der Waals surface area contributed by atoms with Crippen LogP contribution in [-0.2, 0) is 6.42 Å². The Morgan fingerprint density at radius 2 is 1.85 bits per heavy atom. The Labute approximate surface area is 121 Å². The third-order valence-corrected chi connectivity index (χ3v) is 3.19. The number of aryl methyl sites for hydroxylation is 1. The predicted octanol–water partition coefficient (Wildman–Crippen LogP) is 4.06. The molecule has 0 aliphatic heterocycles. The summed E-state index contributed by atoms with van der Waals surface area (Å²) in [4.78, 5) is 22.4. The van der Waals surface area contributed by atoms with Crippen LogP contribution < -0.4 is 0 Å². The van der Waals surface area contributed by atoms with Crippen LogP contribution in [0.2, 0.25) is 5.02 Å². The molecule has 0 bridgehead atoms. The Balaban J connectivity index is 2.13. The molecule has 0 saturated carbocycles. The molecular weight excluding hydrogens is 278 g/mol. The number of benzene rings is 2. The Morgan fingerprint density at radius 1 is 1.15 bits per heavy atom. The number of carbonyl (C=O) groups is 1. The monoisotopic (exact) mass is 289 g/mol. The van der Waals surface area contributed by atoms with Crippen molar-refractivity contribution in [2.24, 2.45) is 0 Å². The Kier molecular flexibility index (Phi) is 4.48. The average molecular weight is 290 g/mol. The van der Waals surface area contributed by atoms with Crippen LogP contribution >= 0.6 is 11.6 Å². The highest BCUT2D eigenvalue weighted by atomic mass is 35.5. The lowest BCUT2D eigenvalue weighted by molar-refractivity contribution is -0.385. The van der Waals surface area contributed by atoms with Crippen molar-refractivity contribution in [3.63, 3.8) is 0 Å². The van der Waals surface area contributed by atoms with Gasteiger partial charge in [-0.15, -0.1) is 0 Å². The zero-order chi connectivity index (χ0) is 14.5. The van der Waals surface area contributed by atoms with E-state index in [0.717, 1.165) is 0 Å². The summed E-state index contributed by atoms with van der Waals surface area (Å²) >= 11 is 5.85. The van der Waals surface area contributed by atoms with E-state index in [0.29, 0.717) is 22.6 Å². The number of rotatable bonds is 5. The molecule has 0 aliphatic carbocycles. The van der Waals surface area contributed by atoms with Gasteiger partial charge in [-0.1, -0.05) is 41.9 Å². The molecule has 0 radical (unpaired) electrons. The molecule has 0 aliphatic rings. The third kappa shape index (κ3) is 3.42. The maximum atomic E-state index is 12.0.